The fourth-order valence-corrected chi connectivity index (χ4v) is 2.02. The lowest BCUT2D eigenvalue weighted by Gasteiger charge is -2.14. The number of nitrogens with one attached hydrogen (secondary N) is 1. The maximum Gasteiger partial charge on any atom is 0.0499 e. The number of aliphatic hydroxyl groups is 1. The summed E-state index contributed by atoms with van der Waals surface area (Å²) in [4.78, 5) is 0. The first-order valence-electron chi connectivity index (χ1n) is 6.03. The minimum atomic E-state index is 0.206. The molecule has 1 aromatic carbocycles. The normalized spacial score (nSPS) is 17.4. The van der Waals surface area contributed by atoms with Gasteiger partial charge in [0.2, 0.25) is 0 Å². The summed E-state index contributed by atoms with van der Waals surface area (Å²) in [6, 6.07) is 6.56. The average molecular weight is 219 g/mol. The van der Waals surface area contributed by atoms with E-state index in [-0.39, 0.29) is 5.41 Å². The van der Waals surface area contributed by atoms with E-state index in [0.29, 0.717) is 6.61 Å². The van der Waals surface area contributed by atoms with Crippen LogP contribution < -0.4 is 5.32 Å². The molecule has 16 heavy (non-hydrogen) atoms. The van der Waals surface area contributed by atoms with Crippen molar-refractivity contribution in [1.29, 1.82) is 0 Å². The summed E-state index contributed by atoms with van der Waals surface area (Å²) < 4.78 is 0. The molecular formula is C14H21NO. The van der Waals surface area contributed by atoms with Gasteiger partial charge in [0.25, 0.3) is 0 Å². The van der Waals surface area contributed by atoms with Crippen LogP contribution in [0.2, 0.25) is 0 Å². The maximum atomic E-state index is 9.21. The van der Waals surface area contributed by atoms with Crippen LogP contribution in [0.5, 0.6) is 0 Å². The van der Waals surface area contributed by atoms with Crippen LogP contribution in [0.4, 0.5) is 0 Å². The first kappa shape index (κ1) is 11.6. The molecule has 2 nitrogen and oxygen atoms in total. The lowest BCUT2D eigenvalue weighted by Crippen LogP contribution is -2.26. The molecule has 0 saturated heterocycles. The van der Waals surface area contributed by atoms with Crippen LogP contribution in [0.15, 0.2) is 18.2 Å². The fraction of sp³-hybridized carbons (Fsp3) is 0.571. The van der Waals surface area contributed by atoms with Crippen LogP contribution in [0, 0.1) is 19.3 Å². The molecule has 1 fully saturated rings. The van der Waals surface area contributed by atoms with Crippen LogP contribution in [-0.2, 0) is 6.54 Å². The summed E-state index contributed by atoms with van der Waals surface area (Å²) >= 11 is 0. The Labute approximate surface area is 97.7 Å². The minimum absolute atomic E-state index is 0.206. The van der Waals surface area contributed by atoms with Gasteiger partial charge in [-0.2, -0.15) is 0 Å². The third-order valence-electron chi connectivity index (χ3n) is 3.61. The fourth-order valence-electron chi connectivity index (χ4n) is 2.02. The average Bonchev–Trinajstić information content (AvgIpc) is 3.04. The Kier molecular flexibility index (Phi) is 3.31. The van der Waals surface area contributed by atoms with E-state index in [1.54, 1.807) is 0 Å². The molecule has 2 N–H and O–H groups in total. The summed E-state index contributed by atoms with van der Waals surface area (Å²) in [5.41, 5.74) is 4.23. The highest BCUT2D eigenvalue weighted by Gasteiger charge is 2.41. The molecule has 88 valence electrons. The number of aryl methyl sites for hydroxylation is 2. The third-order valence-corrected chi connectivity index (χ3v) is 3.61. The second-order valence-electron chi connectivity index (χ2n) is 5.19. The van der Waals surface area contributed by atoms with Crippen LogP contribution in [0.3, 0.4) is 0 Å². The highest BCUT2D eigenvalue weighted by Crippen LogP contribution is 2.44. The van der Waals surface area contributed by atoms with Crippen molar-refractivity contribution in [3.63, 3.8) is 0 Å². The molecule has 0 atom stereocenters. The van der Waals surface area contributed by atoms with Crippen molar-refractivity contribution < 1.29 is 5.11 Å². The summed E-state index contributed by atoms with van der Waals surface area (Å²) in [6.45, 7) is 6.45. The standard InChI is InChI=1S/C14H21NO/c1-11-3-4-12(2)13(7-11)8-15-9-14(10-16)5-6-14/h3-4,7,15-16H,5-6,8-10H2,1-2H3. The molecule has 0 aromatic heterocycles. The van der Waals surface area contributed by atoms with Gasteiger partial charge in [-0.05, 0) is 37.8 Å². The highest BCUT2D eigenvalue weighted by molar-refractivity contribution is 5.30. The van der Waals surface area contributed by atoms with Crippen molar-refractivity contribution in [2.45, 2.75) is 33.2 Å². The molecule has 1 saturated carbocycles. The minimum Gasteiger partial charge on any atom is -0.396 e. The molecule has 0 unspecified atom stereocenters. The van der Waals surface area contributed by atoms with Gasteiger partial charge in [-0.1, -0.05) is 23.8 Å². The van der Waals surface area contributed by atoms with Crippen molar-refractivity contribution in [1.82, 2.24) is 5.32 Å². The van der Waals surface area contributed by atoms with E-state index in [9.17, 15) is 5.11 Å². The van der Waals surface area contributed by atoms with Crippen molar-refractivity contribution in [3.05, 3.63) is 34.9 Å². The molecule has 0 spiro atoms. The van der Waals surface area contributed by atoms with Gasteiger partial charge in [0.05, 0.1) is 0 Å². The summed E-state index contributed by atoms with van der Waals surface area (Å²) in [6.07, 6.45) is 2.34. The van der Waals surface area contributed by atoms with Gasteiger partial charge in [-0.15, -0.1) is 0 Å². The molecule has 0 radical (unpaired) electrons. The lowest BCUT2D eigenvalue weighted by molar-refractivity contribution is 0.207. The molecule has 2 rings (SSSR count). The number of benzene rings is 1. The highest BCUT2D eigenvalue weighted by atomic mass is 16.3. The molecule has 0 aliphatic heterocycles. The van der Waals surface area contributed by atoms with Gasteiger partial charge in [-0.25, -0.2) is 0 Å². The molecule has 1 aromatic rings. The van der Waals surface area contributed by atoms with E-state index >= 15 is 0 Å². The molecule has 1 aliphatic rings. The number of hydrogen-bond donors (Lipinski definition) is 2. The third kappa shape index (κ3) is 2.63. The van der Waals surface area contributed by atoms with Crippen LogP contribution in [0.1, 0.15) is 29.5 Å². The molecule has 0 amide bonds. The van der Waals surface area contributed by atoms with Crippen LogP contribution in [-0.4, -0.2) is 18.3 Å². The molecule has 2 heteroatoms. The van der Waals surface area contributed by atoms with E-state index in [1.807, 2.05) is 0 Å². The summed E-state index contributed by atoms with van der Waals surface area (Å²) in [7, 11) is 0. The van der Waals surface area contributed by atoms with Crippen LogP contribution in [0.25, 0.3) is 0 Å². The topological polar surface area (TPSA) is 32.3 Å². The Morgan fingerprint density at radius 2 is 2.06 bits per heavy atom. The van der Waals surface area contributed by atoms with E-state index in [2.05, 4.69) is 37.4 Å². The van der Waals surface area contributed by atoms with E-state index < -0.39 is 0 Å². The van der Waals surface area contributed by atoms with Gasteiger partial charge >= 0.3 is 0 Å². The predicted octanol–water partition coefficient (Wildman–Crippen LogP) is 2.17. The smallest absolute Gasteiger partial charge is 0.0499 e. The van der Waals surface area contributed by atoms with E-state index in [1.165, 1.54) is 29.5 Å². The zero-order chi connectivity index (χ0) is 11.6. The lowest BCUT2D eigenvalue weighted by atomic mass is 10.0. The quantitative estimate of drug-likeness (QED) is 0.795. The van der Waals surface area contributed by atoms with Crippen molar-refractivity contribution in [2.75, 3.05) is 13.2 Å². The SMILES string of the molecule is Cc1ccc(C)c(CNCC2(CO)CC2)c1. The number of aliphatic hydroxyl groups excluding tert-OH is 1. The zero-order valence-electron chi connectivity index (χ0n) is 10.2. The Morgan fingerprint density at radius 3 is 2.69 bits per heavy atom. The predicted molar refractivity (Wildman–Crippen MR) is 66.4 cm³/mol. The van der Waals surface area contributed by atoms with Crippen molar-refractivity contribution in [3.8, 4) is 0 Å². The van der Waals surface area contributed by atoms with Gasteiger partial charge in [0.1, 0.15) is 0 Å². The zero-order valence-corrected chi connectivity index (χ0v) is 10.2. The summed E-state index contributed by atoms with van der Waals surface area (Å²) in [5.74, 6) is 0. The maximum absolute atomic E-state index is 9.21. The Hall–Kier alpha value is -0.860. The van der Waals surface area contributed by atoms with Gasteiger partial charge in [0.15, 0.2) is 0 Å². The molecule has 1 aliphatic carbocycles. The second-order valence-corrected chi connectivity index (χ2v) is 5.19. The monoisotopic (exact) mass is 219 g/mol. The first-order valence-corrected chi connectivity index (χ1v) is 6.03. The number of hydrogen-bond acceptors (Lipinski definition) is 2. The van der Waals surface area contributed by atoms with Crippen molar-refractivity contribution >= 4 is 0 Å². The Morgan fingerprint density at radius 1 is 1.31 bits per heavy atom. The Balaban J connectivity index is 1.87. The van der Waals surface area contributed by atoms with E-state index in [4.69, 9.17) is 0 Å². The number of rotatable bonds is 5. The van der Waals surface area contributed by atoms with E-state index in [0.717, 1.165) is 13.1 Å². The molecule has 0 heterocycles. The molecule has 0 bridgehead atoms. The molecular weight excluding hydrogens is 198 g/mol. The van der Waals surface area contributed by atoms with Gasteiger partial charge < -0.3 is 10.4 Å². The van der Waals surface area contributed by atoms with Gasteiger partial charge in [0, 0.05) is 25.1 Å². The summed E-state index contributed by atoms with van der Waals surface area (Å²) in [5, 5.41) is 12.7. The largest absolute Gasteiger partial charge is 0.396 e. The first-order chi connectivity index (χ1) is 7.65. The van der Waals surface area contributed by atoms with Crippen LogP contribution >= 0.6 is 0 Å². The van der Waals surface area contributed by atoms with Gasteiger partial charge in [-0.3, -0.25) is 0 Å². The second kappa shape index (κ2) is 4.56. The van der Waals surface area contributed by atoms with Crippen molar-refractivity contribution in [2.24, 2.45) is 5.41 Å². The Bertz CT molecular complexity index is 369.